The van der Waals surface area contributed by atoms with E-state index in [0.29, 0.717) is 11.3 Å². The minimum Gasteiger partial charge on any atom is -0.423 e. The molecule has 3 aromatic rings. The lowest BCUT2D eigenvalue weighted by Gasteiger charge is -2.08. The normalized spacial score (nSPS) is 10.5. The van der Waals surface area contributed by atoms with Crippen molar-refractivity contribution in [3.05, 3.63) is 89.0 Å². The molecule has 0 radical (unpaired) electrons. The van der Waals surface area contributed by atoms with Crippen LogP contribution in [0.5, 0.6) is 5.75 Å². The summed E-state index contributed by atoms with van der Waals surface area (Å²) >= 11 is 0. The maximum atomic E-state index is 12.2. The molecule has 0 saturated carbocycles. The fraction of sp³-hybridized carbons (Fsp3) is 0.136. The molecule has 120 valence electrons. The fourth-order valence-electron chi connectivity index (χ4n) is 2.50. The molecule has 2 heteroatoms. The summed E-state index contributed by atoms with van der Waals surface area (Å²) in [5.74, 6) is 0.218. The molecule has 0 unspecified atom stereocenters. The highest BCUT2D eigenvalue weighted by Gasteiger charge is 2.09. The molecular formula is C22H20O2. The highest BCUT2D eigenvalue weighted by atomic mass is 16.5. The van der Waals surface area contributed by atoms with Crippen molar-refractivity contribution in [2.24, 2.45) is 0 Å². The third kappa shape index (κ3) is 3.54. The average Bonchev–Trinajstić information content (AvgIpc) is 2.59. The molecule has 0 spiro atoms. The number of benzene rings is 3. The van der Waals surface area contributed by atoms with Crippen molar-refractivity contribution in [1.29, 1.82) is 0 Å². The largest absolute Gasteiger partial charge is 0.423 e. The highest BCUT2D eigenvalue weighted by molar-refractivity contribution is 5.91. The summed E-state index contributed by atoms with van der Waals surface area (Å²) in [6, 6.07) is 21.5. The molecule has 0 heterocycles. The number of rotatable bonds is 3. The van der Waals surface area contributed by atoms with Crippen molar-refractivity contribution in [2.45, 2.75) is 20.8 Å². The smallest absolute Gasteiger partial charge is 0.343 e. The zero-order valence-electron chi connectivity index (χ0n) is 14.2. The van der Waals surface area contributed by atoms with Gasteiger partial charge in [0.1, 0.15) is 5.75 Å². The van der Waals surface area contributed by atoms with Crippen molar-refractivity contribution in [1.82, 2.24) is 0 Å². The van der Waals surface area contributed by atoms with Crippen LogP contribution in [0.4, 0.5) is 0 Å². The maximum absolute atomic E-state index is 12.2. The predicted octanol–water partition coefficient (Wildman–Crippen LogP) is 5.50. The van der Waals surface area contributed by atoms with Crippen molar-refractivity contribution in [3.8, 4) is 16.9 Å². The summed E-state index contributed by atoms with van der Waals surface area (Å²) in [5.41, 5.74) is 6.29. The van der Waals surface area contributed by atoms with Crippen LogP contribution in [0.2, 0.25) is 0 Å². The van der Waals surface area contributed by atoms with E-state index in [1.165, 1.54) is 5.56 Å². The van der Waals surface area contributed by atoms with Gasteiger partial charge >= 0.3 is 5.97 Å². The average molecular weight is 316 g/mol. The number of esters is 1. The van der Waals surface area contributed by atoms with Gasteiger partial charge in [-0.15, -0.1) is 0 Å². The first-order valence-electron chi connectivity index (χ1n) is 7.99. The van der Waals surface area contributed by atoms with Gasteiger partial charge in [-0.25, -0.2) is 4.79 Å². The number of carbonyl (C=O) groups is 1. The molecule has 0 fully saturated rings. The quantitative estimate of drug-likeness (QED) is 0.471. The summed E-state index contributed by atoms with van der Waals surface area (Å²) in [7, 11) is 0. The van der Waals surface area contributed by atoms with Crippen molar-refractivity contribution in [3.63, 3.8) is 0 Å². The van der Waals surface area contributed by atoms with Gasteiger partial charge in [0.25, 0.3) is 0 Å². The van der Waals surface area contributed by atoms with Crippen molar-refractivity contribution in [2.75, 3.05) is 0 Å². The van der Waals surface area contributed by atoms with E-state index >= 15 is 0 Å². The van der Waals surface area contributed by atoms with Crippen LogP contribution in [0, 0.1) is 20.8 Å². The second-order valence-corrected chi connectivity index (χ2v) is 6.08. The van der Waals surface area contributed by atoms with Gasteiger partial charge in [-0.05, 0) is 67.3 Å². The molecule has 0 amide bonds. The lowest BCUT2D eigenvalue weighted by Crippen LogP contribution is -2.08. The van der Waals surface area contributed by atoms with Crippen molar-refractivity contribution < 1.29 is 9.53 Å². The van der Waals surface area contributed by atoms with Crippen LogP contribution >= 0.6 is 0 Å². The Morgan fingerprint density at radius 2 is 1.29 bits per heavy atom. The number of ether oxygens (including phenoxy) is 1. The zero-order valence-corrected chi connectivity index (χ0v) is 14.2. The lowest BCUT2D eigenvalue weighted by atomic mass is 10.0. The molecule has 2 nitrogen and oxygen atoms in total. The van der Waals surface area contributed by atoms with Crippen LogP contribution in [-0.2, 0) is 0 Å². The molecule has 0 aliphatic rings. The van der Waals surface area contributed by atoms with Crippen LogP contribution in [0.15, 0.2) is 66.7 Å². The Bertz CT molecular complexity index is 859. The van der Waals surface area contributed by atoms with Crippen LogP contribution < -0.4 is 4.74 Å². The van der Waals surface area contributed by atoms with Gasteiger partial charge in [-0.1, -0.05) is 48.0 Å². The van der Waals surface area contributed by atoms with Crippen LogP contribution in [0.25, 0.3) is 11.1 Å². The zero-order chi connectivity index (χ0) is 17.1. The minimum absolute atomic E-state index is 0.332. The van der Waals surface area contributed by atoms with E-state index in [1.807, 2.05) is 50.2 Å². The minimum atomic E-state index is -0.332. The summed E-state index contributed by atoms with van der Waals surface area (Å²) in [6.07, 6.45) is 0. The molecule has 0 N–H and O–H groups in total. The van der Waals surface area contributed by atoms with Crippen LogP contribution in [0.1, 0.15) is 27.0 Å². The first kappa shape index (κ1) is 16.0. The maximum Gasteiger partial charge on any atom is 0.343 e. The van der Waals surface area contributed by atoms with Gasteiger partial charge in [-0.3, -0.25) is 0 Å². The molecule has 0 aliphatic carbocycles. The summed E-state index contributed by atoms with van der Waals surface area (Å²) in [5, 5.41) is 0. The molecule has 24 heavy (non-hydrogen) atoms. The van der Waals surface area contributed by atoms with Crippen LogP contribution in [-0.4, -0.2) is 5.97 Å². The lowest BCUT2D eigenvalue weighted by molar-refractivity contribution is 0.0734. The molecule has 0 aliphatic heterocycles. The van der Waals surface area contributed by atoms with Crippen molar-refractivity contribution >= 4 is 5.97 Å². The predicted molar refractivity (Wildman–Crippen MR) is 97.5 cm³/mol. The van der Waals surface area contributed by atoms with E-state index in [2.05, 4.69) is 31.2 Å². The molecule has 3 rings (SSSR count). The Morgan fingerprint density at radius 1 is 0.708 bits per heavy atom. The Kier molecular flexibility index (Phi) is 4.48. The molecule has 0 atom stereocenters. The number of hydrogen-bond donors (Lipinski definition) is 0. The Balaban J connectivity index is 1.75. The van der Waals surface area contributed by atoms with Gasteiger partial charge in [-0.2, -0.15) is 0 Å². The monoisotopic (exact) mass is 316 g/mol. The van der Waals surface area contributed by atoms with Gasteiger partial charge in [0.05, 0.1) is 5.56 Å². The summed E-state index contributed by atoms with van der Waals surface area (Å²) in [6.45, 7) is 6.08. The second-order valence-electron chi connectivity index (χ2n) is 6.08. The van der Waals surface area contributed by atoms with E-state index in [-0.39, 0.29) is 5.97 Å². The van der Waals surface area contributed by atoms with E-state index in [4.69, 9.17) is 4.74 Å². The molecule has 0 bridgehead atoms. The third-order valence-corrected chi connectivity index (χ3v) is 4.19. The number of hydrogen-bond acceptors (Lipinski definition) is 2. The van der Waals surface area contributed by atoms with E-state index in [0.717, 1.165) is 22.3 Å². The van der Waals surface area contributed by atoms with E-state index in [9.17, 15) is 4.79 Å². The SMILES string of the molecule is Cc1ccc(-c2ccc(OC(=O)c3ccc(C)c(C)c3)cc2)cc1. The topological polar surface area (TPSA) is 26.3 Å². The fourth-order valence-corrected chi connectivity index (χ4v) is 2.50. The summed E-state index contributed by atoms with van der Waals surface area (Å²) in [4.78, 5) is 12.2. The Morgan fingerprint density at radius 3 is 1.88 bits per heavy atom. The van der Waals surface area contributed by atoms with Gasteiger partial charge < -0.3 is 4.74 Å². The number of carbonyl (C=O) groups excluding carboxylic acids is 1. The third-order valence-electron chi connectivity index (χ3n) is 4.19. The Labute approximate surface area is 142 Å². The Hall–Kier alpha value is -2.87. The number of aryl methyl sites for hydroxylation is 3. The first-order chi connectivity index (χ1) is 11.5. The van der Waals surface area contributed by atoms with Crippen LogP contribution in [0.3, 0.4) is 0 Å². The molecule has 3 aromatic carbocycles. The van der Waals surface area contributed by atoms with E-state index in [1.54, 1.807) is 6.07 Å². The second kappa shape index (κ2) is 6.71. The summed E-state index contributed by atoms with van der Waals surface area (Å²) < 4.78 is 5.47. The highest BCUT2D eigenvalue weighted by Crippen LogP contribution is 2.23. The molecule has 0 saturated heterocycles. The molecular weight excluding hydrogens is 296 g/mol. The van der Waals surface area contributed by atoms with Gasteiger partial charge in [0, 0.05) is 0 Å². The standard InChI is InChI=1S/C22H20O2/c1-15-4-7-18(8-5-15)19-10-12-21(13-11-19)24-22(23)20-9-6-16(2)17(3)14-20/h4-14H,1-3H3. The van der Waals surface area contributed by atoms with E-state index < -0.39 is 0 Å². The van der Waals surface area contributed by atoms with Gasteiger partial charge in [0.15, 0.2) is 0 Å². The first-order valence-corrected chi connectivity index (χ1v) is 7.99. The molecule has 0 aromatic heterocycles. The van der Waals surface area contributed by atoms with Gasteiger partial charge in [0.2, 0.25) is 0 Å².